The Bertz CT molecular complexity index is 346. The van der Waals surface area contributed by atoms with E-state index in [1.165, 1.54) is 0 Å². The summed E-state index contributed by atoms with van der Waals surface area (Å²) < 4.78 is 5.44. The fourth-order valence-electron chi connectivity index (χ4n) is 1.27. The number of aliphatic hydroxyl groups is 1. The number of benzene rings is 1. The Morgan fingerprint density at radius 1 is 1.38 bits per heavy atom. The van der Waals surface area contributed by atoms with Gasteiger partial charge in [-0.05, 0) is 38.1 Å². The van der Waals surface area contributed by atoms with Crippen LogP contribution in [-0.2, 0) is 0 Å². The van der Waals surface area contributed by atoms with Gasteiger partial charge in [0.2, 0.25) is 0 Å². The largest absolute Gasteiger partial charge is 0.491 e. The summed E-state index contributed by atoms with van der Waals surface area (Å²) in [5.74, 6) is 0.447. The Morgan fingerprint density at radius 3 is 2.38 bits per heavy atom. The predicted octanol–water partition coefficient (Wildman–Crippen LogP) is 0.976. The molecule has 0 bridgehead atoms. The van der Waals surface area contributed by atoms with Crippen LogP contribution in [0, 0.1) is 0 Å². The molecule has 0 fully saturated rings. The van der Waals surface area contributed by atoms with E-state index in [-0.39, 0.29) is 18.5 Å². The lowest BCUT2D eigenvalue weighted by molar-refractivity contribution is 0.0925. The van der Waals surface area contributed by atoms with Crippen LogP contribution < -0.4 is 10.5 Å². The molecule has 0 spiro atoms. The van der Waals surface area contributed by atoms with E-state index < -0.39 is 6.04 Å². The number of ether oxygens (including phenoxy) is 1. The highest BCUT2D eigenvalue weighted by Crippen LogP contribution is 2.14. The number of nitrogens with two attached hydrogens (primary N) is 1. The normalized spacial score (nSPS) is 12.6. The average Bonchev–Trinajstić information content (AvgIpc) is 2.27. The zero-order valence-electron chi connectivity index (χ0n) is 9.51. The summed E-state index contributed by atoms with van der Waals surface area (Å²) in [7, 11) is 0. The zero-order valence-corrected chi connectivity index (χ0v) is 9.51. The number of ketones is 1. The SMILES string of the molecule is CC(C)Oc1ccc(C(=O)C(N)CO)cc1. The molecule has 0 radical (unpaired) electrons. The second-order valence-electron chi connectivity index (χ2n) is 3.84. The molecule has 1 rings (SSSR count). The van der Waals surface area contributed by atoms with E-state index in [0.717, 1.165) is 0 Å². The van der Waals surface area contributed by atoms with Crippen LogP contribution in [-0.4, -0.2) is 29.6 Å². The second-order valence-corrected chi connectivity index (χ2v) is 3.84. The molecule has 1 aromatic carbocycles. The Kier molecular flexibility index (Phi) is 4.46. The van der Waals surface area contributed by atoms with E-state index in [1.54, 1.807) is 24.3 Å². The summed E-state index contributed by atoms with van der Waals surface area (Å²) in [5.41, 5.74) is 5.92. The molecule has 0 aliphatic heterocycles. The predicted molar refractivity (Wildman–Crippen MR) is 61.6 cm³/mol. The summed E-state index contributed by atoms with van der Waals surface area (Å²) in [5, 5.41) is 8.77. The van der Waals surface area contributed by atoms with Crippen LogP contribution in [0.4, 0.5) is 0 Å². The minimum atomic E-state index is -0.850. The van der Waals surface area contributed by atoms with Crippen molar-refractivity contribution in [2.24, 2.45) is 5.73 Å². The third-order valence-corrected chi connectivity index (χ3v) is 2.04. The van der Waals surface area contributed by atoms with Gasteiger partial charge in [0.25, 0.3) is 0 Å². The van der Waals surface area contributed by atoms with Crippen molar-refractivity contribution < 1.29 is 14.6 Å². The van der Waals surface area contributed by atoms with Crippen molar-refractivity contribution in [3.63, 3.8) is 0 Å². The maximum absolute atomic E-state index is 11.6. The fourth-order valence-corrected chi connectivity index (χ4v) is 1.27. The van der Waals surface area contributed by atoms with E-state index in [0.29, 0.717) is 11.3 Å². The van der Waals surface area contributed by atoms with Crippen molar-refractivity contribution in [3.05, 3.63) is 29.8 Å². The quantitative estimate of drug-likeness (QED) is 0.730. The molecule has 0 heterocycles. The van der Waals surface area contributed by atoms with Gasteiger partial charge in [0.15, 0.2) is 5.78 Å². The molecule has 0 aliphatic rings. The molecule has 4 heteroatoms. The highest BCUT2D eigenvalue weighted by Gasteiger charge is 2.14. The first-order valence-electron chi connectivity index (χ1n) is 5.22. The Morgan fingerprint density at radius 2 is 1.94 bits per heavy atom. The summed E-state index contributed by atoms with van der Waals surface area (Å²) in [6.45, 7) is 3.52. The molecule has 1 aromatic rings. The Hall–Kier alpha value is -1.39. The molecule has 16 heavy (non-hydrogen) atoms. The first-order chi connectivity index (χ1) is 7.54. The van der Waals surface area contributed by atoms with Crippen molar-refractivity contribution in [1.29, 1.82) is 0 Å². The first-order valence-corrected chi connectivity index (χ1v) is 5.22. The lowest BCUT2D eigenvalue weighted by Crippen LogP contribution is -2.33. The number of carbonyl (C=O) groups excluding carboxylic acids is 1. The molecule has 1 atom stereocenters. The highest BCUT2D eigenvalue weighted by atomic mass is 16.5. The van der Waals surface area contributed by atoms with Crippen molar-refractivity contribution in [2.45, 2.75) is 26.0 Å². The van der Waals surface area contributed by atoms with Crippen LogP contribution in [0.3, 0.4) is 0 Å². The van der Waals surface area contributed by atoms with Gasteiger partial charge in [0, 0.05) is 5.56 Å². The van der Waals surface area contributed by atoms with Crippen molar-refractivity contribution >= 4 is 5.78 Å². The molecule has 1 unspecified atom stereocenters. The maximum atomic E-state index is 11.6. The number of Topliss-reactive ketones (excluding diaryl/α,β-unsaturated/α-hetero) is 1. The van der Waals surface area contributed by atoms with Crippen molar-refractivity contribution in [2.75, 3.05) is 6.61 Å². The topological polar surface area (TPSA) is 72.5 Å². The van der Waals surface area contributed by atoms with E-state index in [1.807, 2.05) is 13.8 Å². The number of rotatable bonds is 5. The summed E-state index contributed by atoms with van der Waals surface area (Å²) in [6, 6.07) is 5.89. The molecule has 0 saturated carbocycles. The third kappa shape index (κ3) is 3.32. The van der Waals surface area contributed by atoms with E-state index >= 15 is 0 Å². The third-order valence-electron chi connectivity index (χ3n) is 2.04. The summed E-state index contributed by atoms with van der Waals surface area (Å²) in [6.07, 6.45) is 0.0984. The van der Waals surface area contributed by atoms with Gasteiger partial charge < -0.3 is 15.6 Å². The van der Waals surface area contributed by atoms with Crippen LogP contribution in [0.2, 0.25) is 0 Å². The lowest BCUT2D eigenvalue weighted by Gasteiger charge is -2.11. The highest BCUT2D eigenvalue weighted by molar-refractivity contribution is 6.00. The van der Waals surface area contributed by atoms with E-state index in [2.05, 4.69) is 0 Å². The molecular formula is C12H17NO3. The minimum absolute atomic E-state index is 0.0984. The number of hydrogen-bond acceptors (Lipinski definition) is 4. The Labute approximate surface area is 95.0 Å². The average molecular weight is 223 g/mol. The fraction of sp³-hybridized carbons (Fsp3) is 0.417. The molecule has 4 nitrogen and oxygen atoms in total. The van der Waals surface area contributed by atoms with E-state index in [4.69, 9.17) is 15.6 Å². The molecule has 0 aliphatic carbocycles. The number of hydrogen-bond donors (Lipinski definition) is 2. The van der Waals surface area contributed by atoms with Gasteiger partial charge in [-0.1, -0.05) is 0 Å². The van der Waals surface area contributed by atoms with Crippen LogP contribution in [0.25, 0.3) is 0 Å². The van der Waals surface area contributed by atoms with Gasteiger partial charge in [-0.2, -0.15) is 0 Å². The van der Waals surface area contributed by atoms with E-state index in [9.17, 15) is 4.79 Å². The molecule has 0 aromatic heterocycles. The van der Waals surface area contributed by atoms with Gasteiger partial charge in [-0.15, -0.1) is 0 Å². The van der Waals surface area contributed by atoms with Gasteiger partial charge in [0.05, 0.1) is 18.8 Å². The van der Waals surface area contributed by atoms with Crippen LogP contribution in [0.15, 0.2) is 24.3 Å². The molecule has 0 saturated heterocycles. The van der Waals surface area contributed by atoms with Gasteiger partial charge in [0.1, 0.15) is 5.75 Å². The second kappa shape index (κ2) is 5.63. The zero-order chi connectivity index (χ0) is 12.1. The summed E-state index contributed by atoms with van der Waals surface area (Å²) >= 11 is 0. The monoisotopic (exact) mass is 223 g/mol. The number of aliphatic hydroxyl groups excluding tert-OH is 1. The van der Waals surface area contributed by atoms with Crippen molar-refractivity contribution in [1.82, 2.24) is 0 Å². The molecule has 3 N–H and O–H groups in total. The minimum Gasteiger partial charge on any atom is -0.491 e. The lowest BCUT2D eigenvalue weighted by atomic mass is 10.1. The molecular weight excluding hydrogens is 206 g/mol. The van der Waals surface area contributed by atoms with Gasteiger partial charge in [-0.25, -0.2) is 0 Å². The van der Waals surface area contributed by atoms with Crippen LogP contribution >= 0.6 is 0 Å². The molecule has 88 valence electrons. The Balaban J connectivity index is 2.74. The van der Waals surface area contributed by atoms with Gasteiger partial charge >= 0.3 is 0 Å². The van der Waals surface area contributed by atoms with Gasteiger partial charge in [-0.3, -0.25) is 4.79 Å². The maximum Gasteiger partial charge on any atom is 0.181 e. The summed E-state index contributed by atoms with van der Waals surface area (Å²) in [4.78, 5) is 11.6. The van der Waals surface area contributed by atoms with Crippen molar-refractivity contribution in [3.8, 4) is 5.75 Å². The van der Waals surface area contributed by atoms with Crippen LogP contribution in [0.5, 0.6) is 5.75 Å². The molecule has 0 amide bonds. The first kappa shape index (κ1) is 12.7. The number of carbonyl (C=O) groups is 1. The van der Waals surface area contributed by atoms with Crippen LogP contribution in [0.1, 0.15) is 24.2 Å². The standard InChI is InChI=1S/C12H17NO3/c1-8(2)16-10-5-3-9(4-6-10)12(15)11(13)7-14/h3-6,8,11,14H,7,13H2,1-2H3. The smallest absolute Gasteiger partial charge is 0.181 e.